The quantitative estimate of drug-likeness (QED) is 0.633. The molecule has 0 heterocycles. The van der Waals surface area contributed by atoms with Gasteiger partial charge in [-0.2, -0.15) is 13.2 Å². The maximum atomic E-state index is 13.3. The van der Waals surface area contributed by atoms with Gasteiger partial charge in [0.05, 0.1) is 11.3 Å². The van der Waals surface area contributed by atoms with E-state index in [1.165, 1.54) is 12.1 Å². The summed E-state index contributed by atoms with van der Waals surface area (Å²) in [5, 5.41) is 5.73. The molecule has 0 aliphatic carbocycles. The summed E-state index contributed by atoms with van der Waals surface area (Å²) in [5.74, 6) is -0.364. The lowest BCUT2D eigenvalue weighted by Gasteiger charge is -2.11. The van der Waals surface area contributed by atoms with Crippen LogP contribution in [0.4, 0.5) is 28.9 Å². The van der Waals surface area contributed by atoms with Crippen molar-refractivity contribution in [3.63, 3.8) is 0 Å². The van der Waals surface area contributed by atoms with Gasteiger partial charge < -0.3 is 10.6 Å². The normalized spacial score (nSPS) is 11.2. The molecule has 0 amide bonds. The average Bonchev–Trinajstić information content (AvgIpc) is 2.45. The number of anilines is 2. The number of hydrogen-bond donors (Lipinski definition) is 2. The Labute approximate surface area is 119 Å². The van der Waals surface area contributed by atoms with Crippen molar-refractivity contribution in [1.29, 1.82) is 0 Å². The first-order valence-corrected chi connectivity index (χ1v) is 6.36. The molecule has 0 atom stereocenters. The van der Waals surface area contributed by atoms with Crippen LogP contribution in [0.15, 0.2) is 48.5 Å². The van der Waals surface area contributed by atoms with Crippen molar-refractivity contribution in [3.05, 3.63) is 59.9 Å². The lowest BCUT2D eigenvalue weighted by molar-refractivity contribution is -0.137. The van der Waals surface area contributed by atoms with Crippen molar-refractivity contribution >= 4 is 11.4 Å². The number of para-hydroxylation sites is 1. The third kappa shape index (κ3) is 4.37. The Bertz CT molecular complexity index is 596. The SMILES string of the molecule is Fc1ccccc1NCCNc1cccc(C(F)(F)F)c1. The zero-order valence-electron chi connectivity index (χ0n) is 11.0. The summed E-state index contributed by atoms with van der Waals surface area (Å²) in [6.45, 7) is 0.757. The van der Waals surface area contributed by atoms with Crippen LogP contribution in [0.2, 0.25) is 0 Å². The van der Waals surface area contributed by atoms with Crippen molar-refractivity contribution in [2.24, 2.45) is 0 Å². The van der Waals surface area contributed by atoms with E-state index in [1.54, 1.807) is 24.3 Å². The molecular formula is C15H14F4N2. The summed E-state index contributed by atoms with van der Waals surface area (Å²) in [5.41, 5.74) is 0.0399. The van der Waals surface area contributed by atoms with E-state index >= 15 is 0 Å². The van der Waals surface area contributed by atoms with E-state index in [1.807, 2.05) is 0 Å². The van der Waals surface area contributed by atoms with Crippen LogP contribution in [-0.4, -0.2) is 13.1 Å². The van der Waals surface area contributed by atoms with E-state index in [2.05, 4.69) is 10.6 Å². The summed E-state index contributed by atoms with van der Waals surface area (Å²) >= 11 is 0. The molecule has 0 saturated heterocycles. The van der Waals surface area contributed by atoms with Crippen molar-refractivity contribution < 1.29 is 17.6 Å². The van der Waals surface area contributed by atoms with Gasteiger partial charge in [-0.25, -0.2) is 4.39 Å². The molecule has 2 rings (SSSR count). The number of rotatable bonds is 5. The van der Waals surface area contributed by atoms with Crippen molar-refractivity contribution in [2.75, 3.05) is 23.7 Å². The Balaban J connectivity index is 1.85. The van der Waals surface area contributed by atoms with Crippen molar-refractivity contribution in [3.8, 4) is 0 Å². The van der Waals surface area contributed by atoms with Gasteiger partial charge in [0.1, 0.15) is 5.82 Å². The predicted molar refractivity (Wildman–Crippen MR) is 74.8 cm³/mol. The van der Waals surface area contributed by atoms with Crippen LogP contribution >= 0.6 is 0 Å². The predicted octanol–water partition coefficient (Wildman–Crippen LogP) is 4.37. The molecule has 0 spiro atoms. The average molecular weight is 298 g/mol. The smallest absolute Gasteiger partial charge is 0.383 e. The third-order valence-corrected chi connectivity index (χ3v) is 2.83. The Kier molecular flexibility index (Phi) is 4.67. The van der Waals surface area contributed by atoms with E-state index in [0.29, 0.717) is 24.5 Å². The van der Waals surface area contributed by atoms with Gasteiger partial charge in [0.2, 0.25) is 0 Å². The van der Waals surface area contributed by atoms with Crippen LogP contribution in [0.25, 0.3) is 0 Å². The fourth-order valence-corrected chi connectivity index (χ4v) is 1.81. The van der Waals surface area contributed by atoms with Crippen LogP contribution in [0.3, 0.4) is 0 Å². The summed E-state index contributed by atoms with van der Waals surface area (Å²) in [7, 11) is 0. The van der Waals surface area contributed by atoms with Gasteiger partial charge in [-0.05, 0) is 30.3 Å². The summed E-state index contributed by atoms with van der Waals surface area (Å²) < 4.78 is 50.9. The molecule has 112 valence electrons. The first-order valence-electron chi connectivity index (χ1n) is 6.36. The van der Waals surface area contributed by atoms with Crippen molar-refractivity contribution in [1.82, 2.24) is 0 Å². The molecule has 0 bridgehead atoms. The molecule has 2 N–H and O–H groups in total. The molecule has 0 saturated carbocycles. The summed E-state index contributed by atoms with van der Waals surface area (Å²) in [4.78, 5) is 0. The van der Waals surface area contributed by atoms with Gasteiger partial charge in [-0.1, -0.05) is 18.2 Å². The van der Waals surface area contributed by atoms with Gasteiger partial charge in [0.25, 0.3) is 0 Å². The van der Waals surface area contributed by atoms with Crippen LogP contribution in [0.1, 0.15) is 5.56 Å². The molecule has 6 heteroatoms. The zero-order chi connectivity index (χ0) is 15.3. The van der Waals surface area contributed by atoms with Crippen LogP contribution in [0.5, 0.6) is 0 Å². The summed E-state index contributed by atoms with van der Waals surface area (Å²) in [6.07, 6.45) is -4.36. The van der Waals surface area contributed by atoms with Gasteiger partial charge in [0.15, 0.2) is 0 Å². The number of benzene rings is 2. The highest BCUT2D eigenvalue weighted by molar-refractivity contribution is 5.47. The van der Waals surface area contributed by atoms with E-state index in [4.69, 9.17) is 0 Å². The Morgan fingerprint density at radius 1 is 0.857 bits per heavy atom. The fourth-order valence-electron chi connectivity index (χ4n) is 1.81. The Morgan fingerprint density at radius 3 is 2.29 bits per heavy atom. The molecule has 0 aromatic heterocycles. The molecule has 0 fully saturated rings. The van der Waals surface area contributed by atoms with Crippen molar-refractivity contribution in [2.45, 2.75) is 6.18 Å². The molecular weight excluding hydrogens is 284 g/mol. The van der Waals surface area contributed by atoms with Gasteiger partial charge in [-0.15, -0.1) is 0 Å². The second-order valence-electron chi connectivity index (χ2n) is 4.41. The van der Waals surface area contributed by atoms with Gasteiger partial charge in [-0.3, -0.25) is 0 Å². The maximum Gasteiger partial charge on any atom is 0.416 e. The fraction of sp³-hybridized carbons (Fsp3) is 0.200. The molecule has 0 radical (unpaired) electrons. The van der Waals surface area contributed by atoms with E-state index < -0.39 is 11.7 Å². The highest BCUT2D eigenvalue weighted by atomic mass is 19.4. The topological polar surface area (TPSA) is 24.1 Å². The van der Waals surface area contributed by atoms with Crippen LogP contribution in [0, 0.1) is 5.82 Å². The number of nitrogens with one attached hydrogen (secondary N) is 2. The second kappa shape index (κ2) is 6.47. The number of hydrogen-bond acceptors (Lipinski definition) is 2. The molecule has 0 aliphatic heterocycles. The molecule has 2 aromatic carbocycles. The maximum absolute atomic E-state index is 13.3. The summed E-state index contributed by atoms with van der Waals surface area (Å²) in [6, 6.07) is 11.2. The first-order chi connectivity index (χ1) is 9.97. The Hall–Kier alpha value is -2.24. The number of halogens is 4. The van der Waals surface area contributed by atoms with Crippen LogP contribution < -0.4 is 10.6 Å². The monoisotopic (exact) mass is 298 g/mol. The lowest BCUT2D eigenvalue weighted by Crippen LogP contribution is -2.14. The standard InChI is InChI=1S/C15H14F4N2/c16-13-6-1-2-7-14(13)21-9-8-20-12-5-3-4-11(10-12)15(17,18)19/h1-7,10,20-21H,8-9H2. The molecule has 21 heavy (non-hydrogen) atoms. The highest BCUT2D eigenvalue weighted by Gasteiger charge is 2.30. The first kappa shape index (κ1) is 15.2. The minimum Gasteiger partial charge on any atom is -0.383 e. The number of alkyl halides is 3. The van der Waals surface area contributed by atoms with E-state index in [0.717, 1.165) is 12.1 Å². The third-order valence-electron chi connectivity index (χ3n) is 2.83. The van der Waals surface area contributed by atoms with Crippen LogP contribution in [-0.2, 0) is 6.18 Å². The minimum atomic E-state index is -4.36. The zero-order valence-corrected chi connectivity index (χ0v) is 11.0. The molecule has 2 nitrogen and oxygen atoms in total. The lowest BCUT2D eigenvalue weighted by atomic mass is 10.2. The Morgan fingerprint density at radius 2 is 1.57 bits per heavy atom. The van der Waals surface area contributed by atoms with E-state index in [-0.39, 0.29) is 5.82 Å². The van der Waals surface area contributed by atoms with Gasteiger partial charge >= 0.3 is 6.18 Å². The largest absolute Gasteiger partial charge is 0.416 e. The minimum absolute atomic E-state index is 0.364. The molecule has 2 aromatic rings. The molecule has 0 unspecified atom stereocenters. The molecule has 0 aliphatic rings. The van der Waals surface area contributed by atoms with Gasteiger partial charge in [0, 0.05) is 18.8 Å². The highest BCUT2D eigenvalue weighted by Crippen LogP contribution is 2.30. The van der Waals surface area contributed by atoms with E-state index in [9.17, 15) is 17.6 Å². The second-order valence-corrected chi connectivity index (χ2v) is 4.41.